The number of thiophene rings is 1. The van der Waals surface area contributed by atoms with Gasteiger partial charge in [-0.2, -0.15) is 9.57 Å². The number of rotatable bonds is 10. The maximum atomic E-state index is 14.2. The summed E-state index contributed by atoms with van der Waals surface area (Å²) in [6, 6.07) is 33.6. The fraction of sp³-hybridized carbons (Fsp3) is 0.275. The van der Waals surface area contributed by atoms with Gasteiger partial charge in [0.05, 0.1) is 35.2 Å². The van der Waals surface area contributed by atoms with Gasteiger partial charge in [-0.15, -0.1) is 11.3 Å². The minimum atomic E-state index is -4.02. The molecule has 1 amide bonds. The standard InChI is InChI=1S/C40H41ClN4O4S2Si/c1-39(2,3)52-49-40(4,5)35-25-44(51(47,48)37-21-30-18-19-32(41)22-34(30)50-37)26-36(46)45(35)24-27-16-17-31(23-42)33(20-27)43-38(28-12-8-6-9-13-28)29-14-10-7-11-15-29/h6-22,35H,24-26,52H2,1-5H3/t35-/m1/s1. The van der Waals surface area contributed by atoms with Gasteiger partial charge in [0.1, 0.15) is 10.3 Å². The van der Waals surface area contributed by atoms with Gasteiger partial charge in [0, 0.05) is 33.9 Å². The zero-order valence-corrected chi connectivity index (χ0v) is 33.6. The van der Waals surface area contributed by atoms with Crippen LogP contribution in [-0.4, -0.2) is 63.7 Å². The van der Waals surface area contributed by atoms with Crippen LogP contribution in [0.1, 0.15) is 56.9 Å². The third-order valence-corrected chi connectivity index (χ3v) is 14.3. The number of aliphatic imine (C=N–C) groups is 1. The number of hydrogen-bond acceptors (Lipinski definition) is 7. The van der Waals surface area contributed by atoms with Gasteiger partial charge in [-0.1, -0.05) is 105 Å². The number of piperazine rings is 1. The quantitative estimate of drug-likeness (QED) is 0.106. The number of sulfonamides is 1. The van der Waals surface area contributed by atoms with Crippen molar-refractivity contribution in [2.24, 2.45) is 4.99 Å². The molecule has 1 saturated heterocycles. The highest BCUT2D eigenvalue weighted by Crippen LogP contribution is 2.36. The number of nitriles is 1. The average molecular weight is 769 g/mol. The van der Waals surface area contributed by atoms with Crippen LogP contribution < -0.4 is 0 Å². The van der Waals surface area contributed by atoms with Gasteiger partial charge < -0.3 is 9.33 Å². The van der Waals surface area contributed by atoms with Crippen LogP contribution >= 0.6 is 22.9 Å². The fourth-order valence-corrected chi connectivity index (χ4v) is 10.4. The van der Waals surface area contributed by atoms with Crippen LogP contribution in [0.15, 0.2) is 112 Å². The van der Waals surface area contributed by atoms with Gasteiger partial charge in [0.2, 0.25) is 5.91 Å². The van der Waals surface area contributed by atoms with Crippen LogP contribution in [0.25, 0.3) is 10.1 Å². The molecule has 4 aromatic carbocycles. The first kappa shape index (κ1) is 37.6. The largest absolute Gasteiger partial charge is 0.416 e. The average Bonchev–Trinajstić information content (AvgIpc) is 3.55. The molecule has 0 unspecified atom stereocenters. The van der Waals surface area contributed by atoms with Crippen molar-refractivity contribution in [3.8, 4) is 6.07 Å². The van der Waals surface area contributed by atoms with Crippen LogP contribution in [0.4, 0.5) is 5.69 Å². The van der Waals surface area contributed by atoms with Crippen molar-refractivity contribution in [1.29, 1.82) is 5.26 Å². The first-order valence-electron chi connectivity index (χ1n) is 17.0. The highest BCUT2D eigenvalue weighted by Gasteiger charge is 2.46. The maximum absolute atomic E-state index is 14.2. The van der Waals surface area contributed by atoms with Gasteiger partial charge in [-0.3, -0.25) is 4.79 Å². The predicted octanol–water partition coefficient (Wildman–Crippen LogP) is 8.09. The SMILES string of the molecule is CC(C)(C)[SiH2]OC(C)(C)[C@H]1CN(S(=O)(=O)c2cc3ccc(Cl)cc3s2)CC(=O)N1Cc1ccc(C#N)c(N=C(c2ccccc2)c2ccccc2)c1. The molecule has 0 N–H and O–H groups in total. The van der Waals surface area contributed by atoms with Crippen molar-refractivity contribution in [3.63, 3.8) is 0 Å². The van der Waals surface area contributed by atoms with E-state index in [2.05, 4.69) is 26.8 Å². The molecule has 52 heavy (non-hydrogen) atoms. The molecule has 6 rings (SSSR count). The lowest BCUT2D eigenvalue weighted by Gasteiger charge is -2.48. The number of amides is 1. The van der Waals surface area contributed by atoms with Gasteiger partial charge in [0.25, 0.3) is 10.0 Å². The summed E-state index contributed by atoms with van der Waals surface area (Å²) in [5.41, 5.74) is 3.30. The zero-order chi connectivity index (χ0) is 37.3. The summed E-state index contributed by atoms with van der Waals surface area (Å²) >= 11 is 7.34. The Morgan fingerprint density at radius 1 is 0.962 bits per heavy atom. The summed E-state index contributed by atoms with van der Waals surface area (Å²) in [7, 11) is -5.10. The molecule has 0 saturated carbocycles. The van der Waals surface area contributed by atoms with E-state index in [4.69, 9.17) is 21.0 Å². The highest BCUT2D eigenvalue weighted by molar-refractivity contribution is 7.91. The van der Waals surface area contributed by atoms with E-state index in [0.717, 1.165) is 38.1 Å². The van der Waals surface area contributed by atoms with Crippen LogP contribution in [0, 0.1) is 11.3 Å². The molecule has 0 aliphatic carbocycles. The first-order valence-corrected chi connectivity index (χ1v) is 20.9. The molecule has 1 fully saturated rings. The Morgan fingerprint density at radius 2 is 1.62 bits per heavy atom. The second-order valence-electron chi connectivity index (χ2n) is 14.7. The minimum Gasteiger partial charge on any atom is -0.416 e. The Bertz CT molecular complexity index is 2240. The Labute approximate surface area is 317 Å². The van der Waals surface area contributed by atoms with Crippen LogP contribution in [-0.2, 0) is 25.8 Å². The third kappa shape index (κ3) is 8.39. The molecule has 1 aliphatic heterocycles. The van der Waals surface area contributed by atoms with Crippen molar-refractivity contribution >= 4 is 70.1 Å². The number of hydrogen-bond donors (Lipinski definition) is 0. The lowest BCUT2D eigenvalue weighted by atomic mass is 9.94. The van der Waals surface area contributed by atoms with Crippen LogP contribution in [0.3, 0.4) is 0 Å². The van der Waals surface area contributed by atoms with Crippen molar-refractivity contribution < 1.29 is 17.6 Å². The van der Waals surface area contributed by atoms with Crippen molar-refractivity contribution in [2.75, 3.05) is 13.1 Å². The summed E-state index contributed by atoms with van der Waals surface area (Å²) in [6.45, 7) is 10.2. The lowest BCUT2D eigenvalue weighted by Crippen LogP contribution is -2.64. The zero-order valence-electron chi connectivity index (χ0n) is 29.8. The number of benzene rings is 4. The second-order valence-corrected chi connectivity index (χ2v) is 21.1. The van der Waals surface area contributed by atoms with Gasteiger partial charge >= 0.3 is 0 Å². The number of carbonyl (C=O) groups is 1. The van der Waals surface area contributed by atoms with Crippen LogP contribution in [0.5, 0.6) is 0 Å². The molecule has 0 bridgehead atoms. The molecule has 12 heteroatoms. The number of nitrogens with zero attached hydrogens (tertiary/aromatic N) is 4. The summed E-state index contributed by atoms with van der Waals surface area (Å²) in [4.78, 5) is 21.0. The summed E-state index contributed by atoms with van der Waals surface area (Å²) < 4.78 is 37.1. The van der Waals surface area contributed by atoms with E-state index < -0.39 is 31.4 Å². The van der Waals surface area contributed by atoms with Gasteiger partial charge in [-0.05, 0) is 60.2 Å². The van der Waals surface area contributed by atoms with E-state index in [1.165, 1.54) is 4.31 Å². The highest BCUT2D eigenvalue weighted by atomic mass is 35.5. The molecule has 0 radical (unpaired) electrons. The van der Waals surface area contributed by atoms with Crippen LogP contribution in [0.2, 0.25) is 10.1 Å². The van der Waals surface area contributed by atoms with E-state index in [9.17, 15) is 18.5 Å². The molecule has 1 atom stereocenters. The van der Waals surface area contributed by atoms with Crippen molar-refractivity contribution in [2.45, 2.75) is 62.1 Å². The normalized spacial score (nSPS) is 16.1. The molecular weight excluding hydrogens is 728 g/mol. The molecule has 2 heterocycles. The topological polar surface area (TPSA) is 103 Å². The molecule has 268 valence electrons. The fourth-order valence-electron chi connectivity index (χ4n) is 6.15. The van der Waals surface area contributed by atoms with E-state index >= 15 is 0 Å². The second kappa shape index (κ2) is 15.1. The monoisotopic (exact) mass is 768 g/mol. The number of halogens is 1. The van der Waals surface area contributed by atoms with Gasteiger partial charge in [0.15, 0.2) is 9.76 Å². The Balaban J connectivity index is 1.37. The summed E-state index contributed by atoms with van der Waals surface area (Å²) in [6.07, 6.45) is 0. The molecule has 0 spiro atoms. The van der Waals surface area contributed by atoms with Gasteiger partial charge in [-0.25, -0.2) is 13.4 Å². The first-order chi connectivity index (χ1) is 24.6. The number of carbonyl (C=O) groups excluding carboxylic acids is 1. The molecule has 8 nitrogen and oxygen atoms in total. The summed E-state index contributed by atoms with van der Waals surface area (Å²) in [5, 5.41) is 11.4. The van der Waals surface area contributed by atoms with E-state index in [0.29, 0.717) is 22.0 Å². The third-order valence-electron chi connectivity index (χ3n) is 8.98. The smallest absolute Gasteiger partial charge is 0.253 e. The molecular formula is C40H41ClN4O4S2Si. The van der Waals surface area contributed by atoms with Crippen molar-refractivity contribution in [3.05, 3.63) is 130 Å². The Kier molecular flexibility index (Phi) is 10.9. The number of fused-ring (bicyclic) bond motifs is 1. The lowest BCUT2D eigenvalue weighted by molar-refractivity contribution is -0.145. The molecule has 1 aromatic heterocycles. The minimum absolute atomic E-state index is 0.0276. The van der Waals surface area contributed by atoms with Crippen molar-refractivity contribution in [1.82, 2.24) is 9.21 Å². The van der Waals surface area contributed by atoms with E-state index in [1.807, 2.05) is 86.6 Å². The Morgan fingerprint density at radius 3 is 2.23 bits per heavy atom. The summed E-state index contributed by atoms with van der Waals surface area (Å²) in [5.74, 6) is -0.332. The maximum Gasteiger partial charge on any atom is 0.253 e. The Hall–Kier alpha value is -4.15. The van der Waals surface area contributed by atoms with E-state index in [-0.39, 0.29) is 34.8 Å². The molecule has 1 aliphatic rings. The van der Waals surface area contributed by atoms with E-state index in [1.54, 1.807) is 35.2 Å². The molecule has 5 aromatic rings. The predicted molar refractivity (Wildman–Crippen MR) is 213 cm³/mol.